The average molecular weight is 267 g/mol. The van der Waals surface area contributed by atoms with Gasteiger partial charge in [0.05, 0.1) is 17.9 Å². The van der Waals surface area contributed by atoms with Gasteiger partial charge in [0.1, 0.15) is 0 Å². The zero-order valence-electron chi connectivity index (χ0n) is 10.8. The number of hydrogen-bond acceptors (Lipinski definition) is 4. The van der Waals surface area contributed by atoms with E-state index in [1.807, 2.05) is 0 Å². The van der Waals surface area contributed by atoms with Crippen LogP contribution in [0.3, 0.4) is 0 Å². The first-order valence-corrected chi connectivity index (χ1v) is 5.43. The average Bonchev–Trinajstić information content (AvgIpc) is 2.28. The Bertz CT molecular complexity index is 447. The van der Waals surface area contributed by atoms with Crippen LogP contribution in [-0.2, 0) is 9.53 Å². The minimum atomic E-state index is -0.833. The van der Waals surface area contributed by atoms with Crippen LogP contribution in [0.2, 0.25) is 0 Å². The highest BCUT2D eigenvalue weighted by molar-refractivity contribution is 5.90. The maximum atomic E-state index is 11.3. The summed E-state index contributed by atoms with van der Waals surface area (Å²) in [6.07, 6.45) is 0. The number of nitrogens with zero attached hydrogens (tertiary/aromatic N) is 1. The lowest BCUT2D eigenvalue weighted by Gasteiger charge is -2.01. The fourth-order valence-electron chi connectivity index (χ4n) is 1.04. The van der Waals surface area contributed by atoms with Gasteiger partial charge < -0.3 is 21.3 Å². The van der Waals surface area contributed by atoms with Crippen LogP contribution in [0.25, 0.3) is 0 Å². The molecule has 19 heavy (non-hydrogen) atoms. The molecular formula is C12H17N3O4. The number of ether oxygens (including phenoxy) is 1. The van der Waals surface area contributed by atoms with Crippen molar-refractivity contribution >= 4 is 23.6 Å². The van der Waals surface area contributed by atoms with Gasteiger partial charge in [-0.15, -0.1) is 0 Å². The summed E-state index contributed by atoms with van der Waals surface area (Å²) in [4.78, 5) is 24.1. The SMILES string of the molecule is CC(=O)O.CCOC(=O)c1ccc(N=C(N)N)cc1. The van der Waals surface area contributed by atoms with Crippen LogP contribution in [0.1, 0.15) is 24.2 Å². The van der Waals surface area contributed by atoms with Crippen molar-refractivity contribution in [1.82, 2.24) is 0 Å². The van der Waals surface area contributed by atoms with E-state index >= 15 is 0 Å². The molecule has 104 valence electrons. The molecule has 0 aliphatic carbocycles. The molecule has 0 aliphatic heterocycles. The molecule has 5 N–H and O–H groups in total. The first kappa shape index (κ1) is 16.4. The van der Waals surface area contributed by atoms with Gasteiger partial charge in [-0.1, -0.05) is 0 Å². The molecule has 0 unspecified atom stereocenters. The molecule has 0 spiro atoms. The largest absolute Gasteiger partial charge is 0.481 e. The number of nitrogens with two attached hydrogens (primary N) is 2. The maximum absolute atomic E-state index is 11.3. The summed E-state index contributed by atoms with van der Waals surface area (Å²) < 4.78 is 4.82. The van der Waals surface area contributed by atoms with Crippen LogP contribution in [-0.4, -0.2) is 29.6 Å². The Morgan fingerprint density at radius 1 is 1.26 bits per heavy atom. The normalized spacial score (nSPS) is 8.74. The van der Waals surface area contributed by atoms with E-state index in [4.69, 9.17) is 26.1 Å². The van der Waals surface area contributed by atoms with Crippen molar-refractivity contribution in [3.8, 4) is 0 Å². The van der Waals surface area contributed by atoms with Crippen LogP contribution < -0.4 is 11.5 Å². The van der Waals surface area contributed by atoms with E-state index in [9.17, 15) is 4.79 Å². The highest BCUT2D eigenvalue weighted by Gasteiger charge is 2.04. The van der Waals surface area contributed by atoms with Crippen molar-refractivity contribution in [3.63, 3.8) is 0 Å². The second-order valence-corrected chi connectivity index (χ2v) is 3.32. The van der Waals surface area contributed by atoms with E-state index in [1.54, 1.807) is 31.2 Å². The standard InChI is InChI=1S/C10H13N3O2.C2H4O2/c1-2-15-9(14)7-3-5-8(6-4-7)13-10(11)12;1-2(3)4/h3-6H,2H2,1H3,(H4,11,12,13);1H3,(H,3,4). The Kier molecular flexibility index (Phi) is 7.36. The van der Waals surface area contributed by atoms with Crippen molar-refractivity contribution in [3.05, 3.63) is 29.8 Å². The Labute approximate surface area is 110 Å². The van der Waals surface area contributed by atoms with E-state index in [2.05, 4.69) is 4.99 Å². The van der Waals surface area contributed by atoms with Gasteiger partial charge in [0.2, 0.25) is 0 Å². The van der Waals surface area contributed by atoms with Crippen LogP contribution in [0, 0.1) is 0 Å². The van der Waals surface area contributed by atoms with Crippen LogP contribution in [0.15, 0.2) is 29.3 Å². The highest BCUT2D eigenvalue weighted by atomic mass is 16.5. The zero-order chi connectivity index (χ0) is 14.8. The number of carbonyl (C=O) groups excluding carboxylic acids is 1. The molecule has 0 amide bonds. The first-order valence-electron chi connectivity index (χ1n) is 5.43. The number of guanidine groups is 1. The minimum absolute atomic E-state index is 0.0149. The number of aliphatic carboxylic acids is 1. The third-order valence-electron chi connectivity index (χ3n) is 1.64. The van der Waals surface area contributed by atoms with Gasteiger partial charge in [-0.2, -0.15) is 0 Å². The number of aliphatic imine (C=N–C) groups is 1. The number of rotatable bonds is 3. The quantitative estimate of drug-likeness (QED) is 0.423. The number of hydrogen-bond donors (Lipinski definition) is 3. The third kappa shape index (κ3) is 8.19. The summed E-state index contributed by atoms with van der Waals surface area (Å²) in [6, 6.07) is 6.51. The van der Waals surface area contributed by atoms with E-state index in [1.165, 1.54) is 0 Å². The Morgan fingerprint density at radius 2 is 1.74 bits per heavy atom. The van der Waals surface area contributed by atoms with Gasteiger partial charge in [-0.25, -0.2) is 9.79 Å². The molecule has 0 saturated carbocycles. The number of benzene rings is 1. The molecule has 1 aromatic carbocycles. The molecule has 7 heteroatoms. The molecule has 0 bridgehead atoms. The highest BCUT2D eigenvalue weighted by Crippen LogP contribution is 2.13. The van der Waals surface area contributed by atoms with Crippen LogP contribution >= 0.6 is 0 Å². The molecule has 0 aliphatic rings. The minimum Gasteiger partial charge on any atom is -0.481 e. The molecule has 0 heterocycles. The molecule has 0 saturated heterocycles. The van der Waals surface area contributed by atoms with Crippen molar-refractivity contribution in [2.24, 2.45) is 16.5 Å². The fraction of sp³-hybridized carbons (Fsp3) is 0.250. The molecular weight excluding hydrogens is 250 g/mol. The van der Waals surface area contributed by atoms with Gasteiger partial charge in [0.25, 0.3) is 5.97 Å². The number of carboxylic acids is 1. The number of esters is 1. The van der Waals surface area contributed by atoms with Gasteiger partial charge >= 0.3 is 5.97 Å². The monoisotopic (exact) mass is 267 g/mol. The predicted octanol–water partition coefficient (Wildman–Crippen LogP) is 0.859. The summed E-state index contributed by atoms with van der Waals surface area (Å²) in [6.45, 7) is 3.19. The second-order valence-electron chi connectivity index (χ2n) is 3.32. The van der Waals surface area contributed by atoms with Gasteiger partial charge in [-0.3, -0.25) is 4.79 Å². The summed E-state index contributed by atoms with van der Waals surface area (Å²) >= 11 is 0. The molecule has 7 nitrogen and oxygen atoms in total. The molecule has 0 aromatic heterocycles. The zero-order valence-corrected chi connectivity index (χ0v) is 10.8. The molecule has 1 aromatic rings. The number of carbonyl (C=O) groups is 2. The molecule has 0 atom stereocenters. The van der Waals surface area contributed by atoms with Gasteiger partial charge in [0.15, 0.2) is 5.96 Å². The molecule has 1 rings (SSSR count). The summed E-state index contributed by atoms with van der Waals surface area (Å²) in [5.74, 6) is -1.20. The smallest absolute Gasteiger partial charge is 0.338 e. The van der Waals surface area contributed by atoms with Crippen molar-refractivity contribution in [2.75, 3.05) is 6.61 Å². The second kappa shape index (κ2) is 8.51. The first-order chi connectivity index (χ1) is 8.86. The van der Waals surface area contributed by atoms with Gasteiger partial charge in [-0.05, 0) is 31.2 Å². The summed E-state index contributed by atoms with van der Waals surface area (Å²) in [5.41, 5.74) is 11.5. The van der Waals surface area contributed by atoms with Gasteiger partial charge in [0, 0.05) is 6.92 Å². The Morgan fingerprint density at radius 3 is 2.11 bits per heavy atom. The topological polar surface area (TPSA) is 128 Å². The molecule has 0 radical (unpaired) electrons. The predicted molar refractivity (Wildman–Crippen MR) is 71.2 cm³/mol. The van der Waals surface area contributed by atoms with E-state index in [-0.39, 0.29) is 11.9 Å². The third-order valence-corrected chi connectivity index (χ3v) is 1.64. The number of carboxylic acid groups (broad SMARTS) is 1. The van der Waals surface area contributed by atoms with Crippen molar-refractivity contribution in [1.29, 1.82) is 0 Å². The van der Waals surface area contributed by atoms with E-state index in [0.29, 0.717) is 17.9 Å². The maximum Gasteiger partial charge on any atom is 0.338 e. The van der Waals surface area contributed by atoms with E-state index in [0.717, 1.165) is 6.92 Å². The Balaban J connectivity index is 0.000000711. The Hall–Kier alpha value is -2.57. The molecule has 0 fully saturated rings. The van der Waals surface area contributed by atoms with E-state index < -0.39 is 5.97 Å². The lowest BCUT2D eigenvalue weighted by Crippen LogP contribution is -2.21. The lowest BCUT2D eigenvalue weighted by molar-refractivity contribution is -0.134. The van der Waals surface area contributed by atoms with Crippen molar-refractivity contribution < 1.29 is 19.4 Å². The fourth-order valence-corrected chi connectivity index (χ4v) is 1.04. The summed E-state index contributed by atoms with van der Waals surface area (Å²) in [5, 5.41) is 7.42. The van der Waals surface area contributed by atoms with Crippen LogP contribution in [0.5, 0.6) is 0 Å². The lowest BCUT2D eigenvalue weighted by atomic mass is 10.2. The van der Waals surface area contributed by atoms with Crippen LogP contribution in [0.4, 0.5) is 5.69 Å². The van der Waals surface area contributed by atoms with Crippen molar-refractivity contribution in [2.45, 2.75) is 13.8 Å². The summed E-state index contributed by atoms with van der Waals surface area (Å²) in [7, 11) is 0.